The Labute approximate surface area is 88.4 Å². The van der Waals surface area contributed by atoms with E-state index in [0.717, 1.165) is 19.5 Å². The monoisotopic (exact) mass is 211 g/mol. The molecule has 0 radical (unpaired) electrons. The SMILES string of the molecule is Clc1nn(C2CCC2)c2c1CNCC2. The minimum atomic E-state index is 0.634. The molecule has 0 amide bonds. The van der Waals surface area contributed by atoms with E-state index in [1.165, 1.54) is 30.5 Å². The Morgan fingerprint density at radius 1 is 1.43 bits per heavy atom. The van der Waals surface area contributed by atoms with Gasteiger partial charge in [-0.3, -0.25) is 4.68 Å². The van der Waals surface area contributed by atoms with Crippen LogP contribution in [0.15, 0.2) is 0 Å². The smallest absolute Gasteiger partial charge is 0.155 e. The van der Waals surface area contributed by atoms with Crippen molar-refractivity contribution in [2.24, 2.45) is 0 Å². The summed E-state index contributed by atoms with van der Waals surface area (Å²) in [6.45, 7) is 1.95. The summed E-state index contributed by atoms with van der Waals surface area (Å²) in [6.07, 6.45) is 4.97. The highest BCUT2D eigenvalue weighted by molar-refractivity contribution is 6.30. The van der Waals surface area contributed by atoms with Crippen LogP contribution in [0.25, 0.3) is 0 Å². The number of nitrogens with one attached hydrogen (secondary N) is 1. The molecule has 1 saturated carbocycles. The molecule has 2 heterocycles. The predicted octanol–water partition coefficient (Wildman–Crippen LogP) is 1.91. The fraction of sp³-hybridized carbons (Fsp3) is 0.700. The van der Waals surface area contributed by atoms with Crippen LogP contribution in [0.2, 0.25) is 5.15 Å². The van der Waals surface area contributed by atoms with E-state index in [1.54, 1.807) is 0 Å². The highest BCUT2D eigenvalue weighted by Gasteiger charge is 2.27. The molecule has 3 rings (SSSR count). The molecule has 14 heavy (non-hydrogen) atoms. The summed E-state index contributed by atoms with van der Waals surface area (Å²) in [7, 11) is 0. The second-order valence-corrected chi connectivity index (χ2v) is 4.53. The summed E-state index contributed by atoms with van der Waals surface area (Å²) in [5.41, 5.74) is 2.60. The molecule has 1 fully saturated rings. The largest absolute Gasteiger partial charge is 0.312 e. The Bertz CT molecular complexity index is 354. The third-order valence-electron chi connectivity index (χ3n) is 3.33. The van der Waals surface area contributed by atoms with Gasteiger partial charge in [-0.1, -0.05) is 11.6 Å². The zero-order valence-corrected chi connectivity index (χ0v) is 8.85. The molecular formula is C10H14ClN3. The van der Waals surface area contributed by atoms with Crippen LogP contribution in [0.3, 0.4) is 0 Å². The van der Waals surface area contributed by atoms with Gasteiger partial charge < -0.3 is 5.32 Å². The Hall–Kier alpha value is -0.540. The molecule has 1 aliphatic heterocycles. The second-order valence-electron chi connectivity index (χ2n) is 4.17. The normalized spacial score (nSPS) is 21.8. The van der Waals surface area contributed by atoms with Gasteiger partial charge in [0.25, 0.3) is 0 Å². The van der Waals surface area contributed by atoms with Crippen LogP contribution >= 0.6 is 11.6 Å². The molecule has 0 bridgehead atoms. The first kappa shape index (κ1) is 8.74. The minimum absolute atomic E-state index is 0.634. The van der Waals surface area contributed by atoms with Gasteiger partial charge in [0.05, 0.1) is 6.04 Å². The van der Waals surface area contributed by atoms with Crippen LogP contribution in [-0.4, -0.2) is 16.3 Å². The van der Waals surface area contributed by atoms with Crippen molar-refractivity contribution >= 4 is 11.6 Å². The van der Waals surface area contributed by atoms with E-state index in [1.807, 2.05) is 0 Å². The van der Waals surface area contributed by atoms with Crippen LogP contribution in [0.1, 0.15) is 36.6 Å². The van der Waals surface area contributed by atoms with Crippen molar-refractivity contribution in [3.8, 4) is 0 Å². The molecule has 4 heteroatoms. The molecule has 0 spiro atoms. The molecule has 3 nitrogen and oxygen atoms in total. The number of aromatic nitrogens is 2. The average molecular weight is 212 g/mol. The van der Waals surface area contributed by atoms with Crippen LogP contribution in [0, 0.1) is 0 Å². The summed E-state index contributed by atoms with van der Waals surface area (Å²) >= 11 is 6.12. The molecule has 0 aromatic carbocycles. The van der Waals surface area contributed by atoms with Gasteiger partial charge >= 0.3 is 0 Å². The summed E-state index contributed by atoms with van der Waals surface area (Å²) in [6, 6.07) is 0.634. The number of nitrogens with zero attached hydrogens (tertiary/aromatic N) is 2. The summed E-state index contributed by atoms with van der Waals surface area (Å²) in [5.74, 6) is 0. The van der Waals surface area contributed by atoms with E-state index >= 15 is 0 Å². The standard InChI is InChI=1S/C10H14ClN3/c11-10-8-6-12-5-4-9(8)14(13-10)7-2-1-3-7/h7,12H,1-6H2. The van der Waals surface area contributed by atoms with Crippen molar-refractivity contribution in [1.29, 1.82) is 0 Å². The topological polar surface area (TPSA) is 29.9 Å². The highest BCUT2D eigenvalue weighted by Crippen LogP contribution is 2.35. The van der Waals surface area contributed by atoms with Gasteiger partial charge in [-0.2, -0.15) is 5.10 Å². The van der Waals surface area contributed by atoms with E-state index in [2.05, 4.69) is 15.1 Å². The maximum absolute atomic E-state index is 6.12. The van der Waals surface area contributed by atoms with E-state index < -0.39 is 0 Å². The van der Waals surface area contributed by atoms with Gasteiger partial charge in [0, 0.05) is 30.8 Å². The molecule has 1 aliphatic carbocycles. The number of halogens is 1. The maximum atomic E-state index is 6.12. The summed E-state index contributed by atoms with van der Waals surface area (Å²) in [5, 5.41) is 8.50. The zero-order valence-electron chi connectivity index (χ0n) is 8.09. The molecule has 0 saturated heterocycles. The van der Waals surface area contributed by atoms with Gasteiger partial charge in [-0.15, -0.1) is 0 Å². The van der Waals surface area contributed by atoms with Crippen molar-refractivity contribution in [3.05, 3.63) is 16.4 Å². The third-order valence-corrected chi connectivity index (χ3v) is 3.63. The van der Waals surface area contributed by atoms with Crippen molar-refractivity contribution < 1.29 is 0 Å². The molecule has 0 unspecified atom stereocenters. The number of rotatable bonds is 1. The first-order valence-corrected chi connectivity index (χ1v) is 5.70. The molecule has 1 aromatic rings. The quantitative estimate of drug-likeness (QED) is 0.769. The fourth-order valence-electron chi connectivity index (χ4n) is 2.27. The lowest BCUT2D eigenvalue weighted by Crippen LogP contribution is -2.27. The van der Waals surface area contributed by atoms with Gasteiger partial charge in [0.2, 0.25) is 0 Å². The van der Waals surface area contributed by atoms with Crippen LogP contribution in [0.4, 0.5) is 0 Å². The van der Waals surface area contributed by atoms with E-state index in [-0.39, 0.29) is 0 Å². The second kappa shape index (κ2) is 3.24. The molecule has 2 aliphatic rings. The molecule has 1 N–H and O–H groups in total. The first-order chi connectivity index (χ1) is 6.86. The number of fused-ring (bicyclic) bond motifs is 1. The van der Waals surface area contributed by atoms with Gasteiger partial charge in [-0.05, 0) is 19.3 Å². The number of hydrogen-bond acceptors (Lipinski definition) is 2. The number of hydrogen-bond donors (Lipinski definition) is 1. The van der Waals surface area contributed by atoms with Crippen molar-refractivity contribution in [2.75, 3.05) is 6.54 Å². The Balaban J connectivity index is 2.02. The van der Waals surface area contributed by atoms with Gasteiger partial charge in [-0.25, -0.2) is 0 Å². The molecule has 0 atom stereocenters. The summed E-state index contributed by atoms with van der Waals surface area (Å²) < 4.78 is 2.18. The van der Waals surface area contributed by atoms with Crippen molar-refractivity contribution in [2.45, 2.75) is 38.3 Å². The van der Waals surface area contributed by atoms with Crippen molar-refractivity contribution in [1.82, 2.24) is 15.1 Å². The third kappa shape index (κ3) is 1.19. The van der Waals surface area contributed by atoms with E-state index in [0.29, 0.717) is 11.2 Å². The van der Waals surface area contributed by atoms with Crippen LogP contribution in [-0.2, 0) is 13.0 Å². The Kier molecular flexibility index (Phi) is 2.03. The summed E-state index contributed by atoms with van der Waals surface area (Å²) in [4.78, 5) is 0. The van der Waals surface area contributed by atoms with E-state index in [9.17, 15) is 0 Å². The Morgan fingerprint density at radius 3 is 3.00 bits per heavy atom. The lowest BCUT2D eigenvalue weighted by atomic mass is 9.93. The van der Waals surface area contributed by atoms with Gasteiger partial charge in [0.1, 0.15) is 0 Å². The average Bonchev–Trinajstić information content (AvgIpc) is 2.43. The predicted molar refractivity (Wildman–Crippen MR) is 55.5 cm³/mol. The van der Waals surface area contributed by atoms with E-state index in [4.69, 9.17) is 11.6 Å². The zero-order chi connectivity index (χ0) is 9.54. The fourth-order valence-corrected chi connectivity index (χ4v) is 2.52. The first-order valence-electron chi connectivity index (χ1n) is 5.33. The van der Waals surface area contributed by atoms with Crippen LogP contribution < -0.4 is 5.32 Å². The Morgan fingerprint density at radius 2 is 2.29 bits per heavy atom. The van der Waals surface area contributed by atoms with Crippen molar-refractivity contribution in [3.63, 3.8) is 0 Å². The lowest BCUT2D eigenvalue weighted by Gasteiger charge is -2.28. The lowest BCUT2D eigenvalue weighted by molar-refractivity contribution is 0.280. The minimum Gasteiger partial charge on any atom is -0.312 e. The van der Waals surface area contributed by atoms with Crippen LogP contribution in [0.5, 0.6) is 0 Å². The molecule has 76 valence electrons. The molecular weight excluding hydrogens is 198 g/mol. The molecule has 1 aromatic heterocycles. The maximum Gasteiger partial charge on any atom is 0.155 e. The highest BCUT2D eigenvalue weighted by atomic mass is 35.5. The van der Waals surface area contributed by atoms with Gasteiger partial charge in [0.15, 0.2) is 5.15 Å².